The van der Waals surface area contributed by atoms with Gasteiger partial charge in [0.2, 0.25) is 0 Å². The van der Waals surface area contributed by atoms with Crippen LogP contribution in [0.4, 0.5) is 19.0 Å². The minimum Gasteiger partial charge on any atom is -0.355 e. The van der Waals surface area contributed by atoms with Crippen molar-refractivity contribution in [1.82, 2.24) is 10.2 Å². The molecule has 0 spiro atoms. The molecule has 1 aliphatic heterocycles. The van der Waals surface area contributed by atoms with Crippen molar-refractivity contribution in [2.45, 2.75) is 25.9 Å². The number of nitrogens with zero attached hydrogens (tertiary/aromatic N) is 3. The smallest absolute Gasteiger partial charge is 0.355 e. The summed E-state index contributed by atoms with van der Waals surface area (Å²) in [7, 11) is 0. The third-order valence-corrected chi connectivity index (χ3v) is 4.11. The van der Waals surface area contributed by atoms with Crippen LogP contribution in [-0.4, -0.2) is 29.5 Å². The molecule has 0 N–H and O–H groups in total. The molecule has 1 aromatic carbocycles. The monoisotopic (exact) mass is 295 g/mol. The van der Waals surface area contributed by atoms with Crippen molar-refractivity contribution in [3.63, 3.8) is 0 Å². The average molecular weight is 295 g/mol. The predicted octanol–water partition coefficient (Wildman–Crippen LogP) is 3.72. The van der Waals surface area contributed by atoms with Gasteiger partial charge in [-0.2, -0.15) is 18.3 Å². The number of hydrogen-bond donors (Lipinski definition) is 0. The molecule has 1 fully saturated rings. The summed E-state index contributed by atoms with van der Waals surface area (Å²) in [5.41, 5.74) is 0.833. The zero-order valence-corrected chi connectivity index (χ0v) is 11.7. The summed E-state index contributed by atoms with van der Waals surface area (Å²) in [5.74, 6) is -0.504. The van der Waals surface area contributed by atoms with Gasteiger partial charge in [0.25, 0.3) is 0 Å². The van der Waals surface area contributed by atoms with Crippen LogP contribution in [0.1, 0.15) is 18.5 Å². The van der Waals surface area contributed by atoms with Crippen LogP contribution in [0.2, 0.25) is 0 Å². The van der Waals surface area contributed by atoms with E-state index in [1.165, 1.54) is 0 Å². The Morgan fingerprint density at radius 3 is 2.29 bits per heavy atom. The Morgan fingerprint density at radius 2 is 1.67 bits per heavy atom. The van der Waals surface area contributed by atoms with Crippen molar-refractivity contribution in [2.24, 2.45) is 5.92 Å². The molecule has 0 aliphatic carbocycles. The largest absolute Gasteiger partial charge is 0.391 e. The van der Waals surface area contributed by atoms with Crippen molar-refractivity contribution in [2.75, 3.05) is 18.0 Å². The zero-order valence-electron chi connectivity index (χ0n) is 11.7. The maximum Gasteiger partial charge on any atom is 0.391 e. The van der Waals surface area contributed by atoms with Gasteiger partial charge in [-0.05, 0) is 19.8 Å². The first kappa shape index (κ1) is 14.1. The second-order valence-corrected chi connectivity index (χ2v) is 5.46. The van der Waals surface area contributed by atoms with E-state index in [2.05, 4.69) is 10.2 Å². The first-order chi connectivity index (χ1) is 9.97. The molecule has 0 radical (unpaired) electrons. The Kier molecular flexibility index (Phi) is 3.47. The van der Waals surface area contributed by atoms with Crippen LogP contribution in [0, 0.1) is 12.8 Å². The molecule has 0 atom stereocenters. The highest BCUT2D eigenvalue weighted by atomic mass is 19.4. The van der Waals surface area contributed by atoms with E-state index in [0.717, 1.165) is 16.5 Å². The van der Waals surface area contributed by atoms with Crippen LogP contribution >= 0.6 is 0 Å². The Labute approximate surface area is 120 Å². The van der Waals surface area contributed by atoms with Crippen LogP contribution in [0.15, 0.2) is 24.3 Å². The average Bonchev–Trinajstić information content (AvgIpc) is 2.47. The van der Waals surface area contributed by atoms with E-state index in [4.69, 9.17) is 0 Å². The third kappa shape index (κ3) is 2.66. The number of rotatable bonds is 1. The Morgan fingerprint density at radius 1 is 1.05 bits per heavy atom. The Bertz CT molecular complexity index is 646. The van der Waals surface area contributed by atoms with E-state index in [1.54, 1.807) is 0 Å². The van der Waals surface area contributed by atoms with Crippen molar-refractivity contribution in [3.05, 3.63) is 30.0 Å². The fourth-order valence-corrected chi connectivity index (χ4v) is 2.88. The van der Waals surface area contributed by atoms with Gasteiger partial charge < -0.3 is 4.90 Å². The van der Waals surface area contributed by atoms with Crippen LogP contribution in [0.25, 0.3) is 10.8 Å². The number of hydrogen-bond acceptors (Lipinski definition) is 3. The van der Waals surface area contributed by atoms with Crippen LogP contribution in [-0.2, 0) is 0 Å². The summed E-state index contributed by atoms with van der Waals surface area (Å²) < 4.78 is 38.2. The molecular weight excluding hydrogens is 279 g/mol. The highest BCUT2D eigenvalue weighted by Crippen LogP contribution is 2.36. The molecule has 3 rings (SSSR count). The quantitative estimate of drug-likeness (QED) is 0.803. The SMILES string of the molecule is Cc1nnc(N2CCC(C(F)(F)F)CC2)c2ccccc12. The lowest BCUT2D eigenvalue weighted by Gasteiger charge is -2.33. The molecule has 1 saturated heterocycles. The van der Waals surface area contributed by atoms with Crippen LogP contribution in [0.3, 0.4) is 0 Å². The summed E-state index contributed by atoms with van der Waals surface area (Å²) in [4.78, 5) is 1.91. The standard InChI is InChI=1S/C15H16F3N3/c1-10-12-4-2-3-5-13(12)14(20-19-10)21-8-6-11(7-9-21)15(16,17)18/h2-5,11H,6-9H2,1H3. The predicted molar refractivity (Wildman–Crippen MR) is 75.3 cm³/mol. The number of benzene rings is 1. The minimum atomic E-state index is -4.09. The van der Waals surface area contributed by atoms with Crippen molar-refractivity contribution < 1.29 is 13.2 Å². The summed E-state index contributed by atoms with van der Waals surface area (Å²) in [6.45, 7) is 2.62. The van der Waals surface area contributed by atoms with Gasteiger partial charge in [0.1, 0.15) is 0 Å². The highest BCUT2D eigenvalue weighted by molar-refractivity contribution is 5.93. The van der Waals surface area contributed by atoms with Gasteiger partial charge in [-0.15, -0.1) is 5.10 Å². The van der Waals surface area contributed by atoms with Crippen LogP contribution in [0.5, 0.6) is 0 Å². The number of anilines is 1. The summed E-state index contributed by atoms with van der Waals surface area (Å²) in [5, 5.41) is 10.3. The Balaban J connectivity index is 1.88. The molecule has 0 saturated carbocycles. The number of halogens is 3. The minimum absolute atomic E-state index is 0.118. The number of fused-ring (bicyclic) bond motifs is 1. The van der Waals surface area contributed by atoms with Gasteiger partial charge in [0, 0.05) is 23.9 Å². The van der Waals surface area contributed by atoms with Gasteiger partial charge in [-0.25, -0.2) is 0 Å². The number of aromatic nitrogens is 2. The maximum absolute atomic E-state index is 12.7. The van der Waals surface area contributed by atoms with Crippen molar-refractivity contribution in [1.29, 1.82) is 0 Å². The van der Waals surface area contributed by atoms with Gasteiger partial charge in [-0.1, -0.05) is 24.3 Å². The second kappa shape index (κ2) is 5.16. The van der Waals surface area contributed by atoms with E-state index in [0.29, 0.717) is 18.9 Å². The zero-order chi connectivity index (χ0) is 15.0. The van der Waals surface area contributed by atoms with E-state index in [1.807, 2.05) is 36.1 Å². The summed E-state index contributed by atoms with van der Waals surface area (Å²) in [6.07, 6.45) is -3.85. The first-order valence-corrected chi connectivity index (χ1v) is 7.00. The molecule has 0 bridgehead atoms. The lowest BCUT2D eigenvalue weighted by Crippen LogP contribution is -2.39. The number of piperidine rings is 1. The van der Waals surface area contributed by atoms with Crippen molar-refractivity contribution in [3.8, 4) is 0 Å². The fourth-order valence-electron chi connectivity index (χ4n) is 2.88. The molecule has 6 heteroatoms. The molecule has 0 amide bonds. The van der Waals surface area contributed by atoms with Gasteiger partial charge in [0.05, 0.1) is 11.6 Å². The number of alkyl halides is 3. The summed E-state index contributed by atoms with van der Waals surface area (Å²) >= 11 is 0. The molecule has 112 valence electrons. The lowest BCUT2D eigenvalue weighted by molar-refractivity contribution is -0.179. The molecule has 3 nitrogen and oxygen atoms in total. The molecule has 1 aliphatic rings. The van der Waals surface area contributed by atoms with Crippen LogP contribution < -0.4 is 4.90 Å². The summed E-state index contributed by atoms with van der Waals surface area (Å²) in [6, 6.07) is 7.75. The second-order valence-electron chi connectivity index (χ2n) is 5.46. The van der Waals surface area contributed by atoms with E-state index < -0.39 is 12.1 Å². The topological polar surface area (TPSA) is 29.0 Å². The van der Waals surface area contributed by atoms with Crippen molar-refractivity contribution >= 4 is 16.6 Å². The molecule has 1 aromatic heterocycles. The highest BCUT2D eigenvalue weighted by Gasteiger charge is 2.41. The van der Waals surface area contributed by atoms with E-state index in [9.17, 15) is 13.2 Å². The third-order valence-electron chi connectivity index (χ3n) is 4.11. The van der Waals surface area contributed by atoms with Gasteiger partial charge in [0.15, 0.2) is 5.82 Å². The molecule has 2 aromatic rings. The molecule has 2 heterocycles. The van der Waals surface area contributed by atoms with Gasteiger partial charge >= 0.3 is 6.18 Å². The Hall–Kier alpha value is -1.85. The lowest BCUT2D eigenvalue weighted by atomic mass is 9.96. The maximum atomic E-state index is 12.7. The van der Waals surface area contributed by atoms with Gasteiger partial charge in [-0.3, -0.25) is 0 Å². The fraction of sp³-hybridized carbons (Fsp3) is 0.467. The van der Waals surface area contributed by atoms with E-state index >= 15 is 0 Å². The molecular formula is C15H16F3N3. The molecule has 21 heavy (non-hydrogen) atoms. The van der Waals surface area contributed by atoms with E-state index in [-0.39, 0.29) is 12.8 Å². The first-order valence-electron chi connectivity index (χ1n) is 7.00. The normalized spacial score (nSPS) is 17.4. The molecule has 0 unspecified atom stereocenters. The number of aryl methyl sites for hydroxylation is 1.